The molecule has 0 saturated carbocycles. The molecule has 0 aliphatic rings. The molecular formula is C14H12N2O4. The number of amides is 1. The number of aromatic carboxylic acids is 1. The number of pyridine rings is 1. The van der Waals surface area contributed by atoms with Crippen molar-refractivity contribution in [3.8, 4) is 5.75 Å². The van der Waals surface area contributed by atoms with Crippen LogP contribution in [0.1, 0.15) is 26.4 Å². The zero-order chi connectivity index (χ0) is 14.7. The van der Waals surface area contributed by atoms with Crippen molar-refractivity contribution in [3.63, 3.8) is 0 Å². The number of nitrogens with one attached hydrogen (secondary N) is 1. The number of phenols is 1. The van der Waals surface area contributed by atoms with E-state index in [9.17, 15) is 14.7 Å². The highest BCUT2D eigenvalue weighted by Gasteiger charge is 2.12. The fourth-order valence-corrected chi connectivity index (χ4v) is 1.65. The van der Waals surface area contributed by atoms with E-state index in [1.165, 1.54) is 30.5 Å². The van der Waals surface area contributed by atoms with Gasteiger partial charge in [0.05, 0.1) is 11.3 Å². The first-order valence-electron chi connectivity index (χ1n) is 5.77. The number of hydrogen-bond acceptors (Lipinski definition) is 4. The number of nitrogens with zero attached hydrogens (tertiary/aromatic N) is 1. The van der Waals surface area contributed by atoms with Crippen LogP contribution in [-0.2, 0) is 0 Å². The Morgan fingerprint density at radius 2 is 1.90 bits per heavy atom. The second kappa shape index (κ2) is 5.40. The first-order chi connectivity index (χ1) is 9.47. The van der Waals surface area contributed by atoms with E-state index >= 15 is 0 Å². The maximum Gasteiger partial charge on any atom is 0.335 e. The molecule has 0 fully saturated rings. The molecule has 0 atom stereocenters. The minimum Gasteiger partial charge on any atom is -0.506 e. The Balaban J connectivity index is 2.27. The first-order valence-corrected chi connectivity index (χ1v) is 5.77. The van der Waals surface area contributed by atoms with Crippen molar-refractivity contribution in [3.05, 3.63) is 53.3 Å². The van der Waals surface area contributed by atoms with Crippen molar-refractivity contribution < 1.29 is 19.8 Å². The van der Waals surface area contributed by atoms with Crippen LogP contribution in [0.2, 0.25) is 0 Å². The molecule has 2 rings (SSSR count). The number of aromatic hydroxyl groups is 1. The predicted octanol–water partition coefficient (Wildman–Crippen LogP) is 2.05. The molecule has 6 nitrogen and oxygen atoms in total. The number of benzene rings is 1. The molecule has 0 aliphatic heterocycles. The van der Waals surface area contributed by atoms with E-state index in [0.717, 1.165) is 0 Å². The van der Waals surface area contributed by atoms with Gasteiger partial charge >= 0.3 is 5.97 Å². The zero-order valence-electron chi connectivity index (χ0n) is 10.6. The molecule has 1 aromatic carbocycles. The van der Waals surface area contributed by atoms with E-state index in [2.05, 4.69) is 10.3 Å². The van der Waals surface area contributed by atoms with E-state index in [0.29, 0.717) is 11.3 Å². The first kappa shape index (κ1) is 13.5. The van der Waals surface area contributed by atoms with Crippen molar-refractivity contribution in [2.45, 2.75) is 6.92 Å². The third-order valence-electron chi connectivity index (χ3n) is 2.65. The number of phenolic OH excluding ortho intramolecular Hbond substituents is 1. The van der Waals surface area contributed by atoms with E-state index in [1.54, 1.807) is 13.0 Å². The SMILES string of the molecule is Cc1cc(C(=O)Nc2cc(C(=O)O)ccc2O)ccn1. The number of carbonyl (C=O) groups excluding carboxylic acids is 1. The van der Waals surface area contributed by atoms with Gasteiger partial charge < -0.3 is 15.5 Å². The number of carboxylic acid groups (broad SMARTS) is 1. The number of aryl methyl sites for hydroxylation is 1. The van der Waals surface area contributed by atoms with Gasteiger partial charge in [-0.05, 0) is 37.3 Å². The number of aromatic nitrogens is 1. The lowest BCUT2D eigenvalue weighted by Gasteiger charge is -2.08. The van der Waals surface area contributed by atoms with Crippen LogP contribution in [0.25, 0.3) is 0 Å². The smallest absolute Gasteiger partial charge is 0.335 e. The zero-order valence-corrected chi connectivity index (χ0v) is 10.6. The molecule has 102 valence electrons. The van der Waals surface area contributed by atoms with Gasteiger partial charge in [0.25, 0.3) is 5.91 Å². The average molecular weight is 272 g/mol. The summed E-state index contributed by atoms with van der Waals surface area (Å²) < 4.78 is 0. The Kier molecular flexibility index (Phi) is 3.65. The summed E-state index contributed by atoms with van der Waals surface area (Å²) in [7, 11) is 0. The molecule has 0 bridgehead atoms. The van der Waals surface area contributed by atoms with Gasteiger partial charge in [-0.1, -0.05) is 0 Å². The average Bonchev–Trinajstić information content (AvgIpc) is 2.41. The Bertz CT molecular complexity index is 683. The predicted molar refractivity (Wildman–Crippen MR) is 72.0 cm³/mol. The maximum atomic E-state index is 12.0. The van der Waals surface area contributed by atoms with Crippen LogP contribution in [-0.4, -0.2) is 27.1 Å². The molecule has 0 saturated heterocycles. The number of carboxylic acids is 1. The van der Waals surface area contributed by atoms with E-state index in [-0.39, 0.29) is 17.0 Å². The number of rotatable bonds is 3. The molecule has 0 aliphatic carbocycles. The monoisotopic (exact) mass is 272 g/mol. The Morgan fingerprint density at radius 3 is 2.55 bits per heavy atom. The van der Waals surface area contributed by atoms with Crippen molar-refractivity contribution in [1.82, 2.24) is 4.98 Å². The minimum absolute atomic E-state index is 0.0241. The summed E-state index contributed by atoms with van der Waals surface area (Å²) in [6, 6.07) is 6.79. The van der Waals surface area contributed by atoms with Crippen LogP contribution in [0.3, 0.4) is 0 Å². The van der Waals surface area contributed by atoms with E-state index in [4.69, 9.17) is 5.11 Å². The number of hydrogen-bond donors (Lipinski definition) is 3. The van der Waals surface area contributed by atoms with Crippen LogP contribution in [0.5, 0.6) is 5.75 Å². The molecule has 0 spiro atoms. The van der Waals surface area contributed by atoms with Gasteiger partial charge in [0, 0.05) is 17.5 Å². The summed E-state index contributed by atoms with van der Waals surface area (Å²) >= 11 is 0. The largest absolute Gasteiger partial charge is 0.506 e. The molecule has 20 heavy (non-hydrogen) atoms. The maximum absolute atomic E-state index is 12.0. The third-order valence-corrected chi connectivity index (χ3v) is 2.65. The van der Waals surface area contributed by atoms with Crippen LogP contribution in [0, 0.1) is 6.92 Å². The summed E-state index contributed by atoms with van der Waals surface area (Å²) in [5.74, 6) is -1.79. The van der Waals surface area contributed by atoms with Gasteiger partial charge in [-0.15, -0.1) is 0 Å². The standard InChI is InChI=1S/C14H12N2O4/c1-8-6-9(4-5-15-8)13(18)16-11-7-10(14(19)20)2-3-12(11)17/h2-7,17H,1H3,(H,16,18)(H,19,20). The van der Waals surface area contributed by atoms with E-state index < -0.39 is 11.9 Å². The van der Waals surface area contributed by atoms with Crippen molar-refractivity contribution in [2.24, 2.45) is 0 Å². The second-order valence-corrected chi connectivity index (χ2v) is 4.18. The fourth-order valence-electron chi connectivity index (χ4n) is 1.65. The lowest BCUT2D eigenvalue weighted by atomic mass is 10.1. The lowest BCUT2D eigenvalue weighted by Crippen LogP contribution is -2.13. The molecule has 6 heteroatoms. The Labute approximate surface area is 114 Å². The summed E-state index contributed by atoms with van der Waals surface area (Å²) in [6.45, 7) is 1.75. The van der Waals surface area contributed by atoms with Crippen molar-refractivity contribution in [2.75, 3.05) is 5.32 Å². The number of anilines is 1. The summed E-state index contributed by atoms with van der Waals surface area (Å²) in [4.78, 5) is 26.8. The van der Waals surface area contributed by atoms with Crippen molar-refractivity contribution >= 4 is 17.6 Å². The Hall–Kier alpha value is -2.89. The van der Waals surface area contributed by atoms with Gasteiger partial charge in [-0.3, -0.25) is 9.78 Å². The normalized spacial score (nSPS) is 10.1. The molecule has 0 radical (unpaired) electrons. The van der Waals surface area contributed by atoms with Crippen LogP contribution >= 0.6 is 0 Å². The van der Waals surface area contributed by atoms with Gasteiger partial charge in [0.15, 0.2) is 0 Å². The topological polar surface area (TPSA) is 99.5 Å². The van der Waals surface area contributed by atoms with Gasteiger partial charge in [-0.2, -0.15) is 0 Å². The molecule has 1 aromatic heterocycles. The highest BCUT2D eigenvalue weighted by molar-refractivity contribution is 6.05. The van der Waals surface area contributed by atoms with E-state index in [1.807, 2.05) is 0 Å². The van der Waals surface area contributed by atoms with Gasteiger partial charge in [0.1, 0.15) is 5.75 Å². The highest BCUT2D eigenvalue weighted by atomic mass is 16.4. The molecular weight excluding hydrogens is 260 g/mol. The number of carbonyl (C=O) groups is 2. The molecule has 2 aromatic rings. The van der Waals surface area contributed by atoms with Gasteiger partial charge in [-0.25, -0.2) is 4.79 Å². The lowest BCUT2D eigenvalue weighted by molar-refractivity contribution is 0.0696. The molecule has 3 N–H and O–H groups in total. The summed E-state index contributed by atoms with van der Waals surface area (Å²) in [6.07, 6.45) is 1.50. The second-order valence-electron chi connectivity index (χ2n) is 4.18. The van der Waals surface area contributed by atoms with Crippen LogP contribution in [0.4, 0.5) is 5.69 Å². The minimum atomic E-state index is -1.14. The van der Waals surface area contributed by atoms with Crippen LogP contribution in [0.15, 0.2) is 36.5 Å². The molecule has 0 unspecified atom stereocenters. The quantitative estimate of drug-likeness (QED) is 0.742. The van der Waals surface area contributed by atoms with Gasteiger partial charge in [0.2, 0.25) is 0 Å². The molecule has 1 amide bonds. The Morgan fingerprint density at radius 1 is 1.15 bits per heavy atom. The summed E-state index contributed by atoms with van der Waals surface area (Å²) in [5.41, 5.74) is 1.08. The van der Waals surface area contributed by atoms with Crippen LogP contribution < -0.4 is 5.32 Å². The third kappa shape index (κ3) is 2.92. The summed E-state index contributed by atoms with van der Waals surface area (Å²) in [5, 5.41) is 21.0. The fraction of sp³-hybridized carbons (Fsp3) is 0.0714. The van der Waals surface area contributed by atoms with Crippen molar-refractivity contribution in [1.29, 1.82) is 0 Å². The molecule has 1 heterocycles. The highest BCUT2D eigenvalue weighted by Crippen LogP contribution is 2.24.